The van der Waals surface area contributed by atoms with Crippen molar-refractivity contribution in [3.8, 4) is 5.75 Å². The molecule has 1 aliphatic rings. The maximum absolute atomic E-state index is 5.59. The highest BCUT2D eigenvalue weighted by atomic mass is 16.5. The van der Waals surface area contributed by atoms with Crippen LogP contribution in [0.2, 0.25) is 0 Å². The third-order valence-electron chi connectivity index (χ3n) is 5.33. The first-order valence-corrected chi connectivity index (χ1v) is 9.36. The summed E-state index contributed by atoms with van der Waals surface area (Å²) in [5, 5.41) is 1.22. The topological polar surface area (TPSA) is 37.5 Å². The van der Waals surface area contributed by atoms with Crippen LogP contribution >= 0.6 is 0 Å². The predicted molar refractivity (Wildman–Crippen MR) is 105 cm³/mol. The molecule has 1 fully saturated rings. The van der Waals surface area contributed by atoms with Crippen molar-refractivity contribution < 1.29 is 9.47 Å². The Morgan fingerprint density at radius 1 is 1.12 bits per heavy atom. The summed E-state index contributed by atoms with van der Waals surface area (Å²) in [5.41, 5.74) is 5.14. The van der Waals surface area contributed by atoms with E-state index < -0.39 is 0 Å². The lowest BCUT2D eigenvalue weighted by atomic mass is 9.95. The Morgan fingerprint density at radius 3 is 2.58 bits per heavy atom. The Hall–Kier alpha value is -2.30. The fraction of sp³-hybridized carbons (Fsp3) is 0.364. The van der Waals surface area contributed by atoms with Crippen molar-refractivity contribution in [2.75, 3.05) is 33.4 Å². The van der Waals surface area contributed by atoms with Crippen LogP contribution in [-0.4, -0.2) is 43.3 Å². The van der Waals surface area contributed by atoms with Gasteiger partial charge in [-0.2, -0.15) is 0 Å². The molecule has 136 valence electrons. The highest BCUT2D eigenvalue weighted by molar-refractivity contribution is 5.85. The predicted octanol–water partition coefficient (Wildman–Crippen LogP) is 4.16. The summed E-state index contributed by atoms with van der Waals surface area (Å²) >= 11 is 0. The molecule has 4 heteroatoms. The van der Waals surface area contributed by atoms with E-state index in [4.69, 9.17) is 9.47 Å². The molecule has 1 N–H and O–H groups in total. The molecule has 4 rings (SSSR count). The van der Waals surface area contributed by atoms with Gasteiger partial charge in [0.15, 0.2) is 0 Å². The van der Waals surface area contributed by atoms with Gasteiger partial charge in [-0.3, -0.25) is 4.90 Å². The molecule has 3 aromatic rings. The Bertz CT molecular complexity index is 863. The minimum absolute atomic E-state index is 0.214. The quantitative estimate of drug-likeness (QED) is 0.751. The molecular weight excluding hydrogens is 324 g/mol. The zero-order valence-corrected chi connectivity index (χ0v) is 15.5. The Kier molecular flexibility index (Phi) is 4.96. The van der Waals surface area contributed by atoms with E-state index >= 15 is 0 Å². The van der Waals surface area contributed by atoms with Crippen LogP contribution in [0.3, 0.4) is 0 Å². The lowest BCUT2D eigenvalue weighted by Crippen LogP contribution is -2.39. The summed E-state index contributed by atoms with van der Waals surface area (Å²) in [6.45, 7) is 5.65. The third-order valence-corrected chi connectivity index (χ3v) is 5.33. The minimum Gasteiger partial charge on any atom is -0.497 e. The molecule has 0 bridgehead atoms. The Balaban J connectivity index is 1.81. The molecule has 1 aliphatic heterocycles. The van der Waals surface area contributed by atoms with E-state index in [1.807, 2.05) is 6.07 Å². The number of nitrogens with zero attached hydrogens (tertiary/aromatic N) is 1. The lowest BCUT2D eigenvalue weighted by molar-refractivity contribution is 0.0242. The molecular formula is C22H26N2O2. The van der Waals surface area contributed by atoms with Crippen LogP contribution < -0.4 is 4.74 Å². The molecule has 0 spiro atoms. The van der Waals surface area contributed by atoms with Crippen LogP contribution in [0.25, 0.3) is 10.9 Å². The molecule has 1 unspecified atom stereocenters. The van der Waals surface area contributed by atoms with Gasteiger partial charge in [-0.15, -0.1) is 0 Å². The minimum atomic E-state index is 0.214. The van der Waals surface area contributed by atoms with E-state index in [9.17, 15) is 0 Å². The number of ether oxygens (including phenoxy) is 2. The normalized spacial score (nSPS) is 16.7. The van der Waals surface area contributed by atoms with Crippen LogP contribution in [0.15, 0.2) is 48.7 Å². The van der Waals surface area contributed by atoms with Crippen molar-refractivity contribution in [2.24, 2.45) is 0 Å². The zero-order chi connectivity index (χ0) is 17.9. The SMILES string of the molecule is CCc1ccc(C(c2c[nH]c3ccc(OC)cc23)N2CCOCC2)cc1. The molecule has 0 radical (unpaired) electrons. The molecule has 4 nitrogen and oxygen atoms in total. The number of fused-ring (bicyclic) bond motifs is 1. The van der Waals surface area contributed by atoms with Crippen molar-refractivity contribution in [1.29, 1.82) is 0 Å². The fourth-order valence-corrected chi connectivity index (χ4v) is 3.83. The molecule has 0 saturated carbocycles. The van der Waals surface area contributed by atoms with Crippen LogP contribution in [0.1, 0.15) is 29.7 Å². The van der Waals surface area contributed by atoms with Crippen molar-refractivity contribution in [2.45, 2.75) is 19.4 Å². The van der Waals surface area contributed by atoms with Crippen LogP contribution in [0, 0.1) is 0 Å². The fourth-order valence-electron chi connectivity index (χ4n) is 3.83. The second-order valence-corrected chi connectivity index (χ2v) is 6.80. The van der Waals surface area contributed by atoms with Gasteiger partial charge in [0.1, 0.15) is 5.75 Å². The number of hydrogen-bond donors (Lipinski definition) is 1. The van der Waals surface area contributed by atoms with Crippen LogP contribution in [0.4, 0.5) is 0 Å². The number of H-pyrrole nitrogens is 1. The first kappa shape index (κ1) is 17.1. The van der Waals surface area contributed by atoms with Crippen molar-refractivity contribution in [3.63, 3.8) is 0 Å². The van der Waals surface area contributed by atoms with E-state index in [1.54, 1.807) is 7.11 Å². The van der Waals surface area contributed by atoms with E-state index in [0.717, 1.165) is 44.0 Å². The monoisotopic (exact) mass is 350 g/mol. The number of aromatic nitrogens is 1. The standard InChI is InChI=1S/C22H26N2O2/c1-3-16-4-6-17(7-5-16)22(24-10-12-26-13-11-24)20-15-23-21-9-8-18(25-2)14-19(20)21/h4-9,14-15,22-23H,3,10-13H2,1-2H3. The average molecular weight is 350 g/mol. The number of methoxy groups -OCH3 is 1. The third kappa shape index (κ3) is 3.22. The van der Waals surface area contributed by atoms with Gasteiger partial charge >= 0.3 is 0 Å². The van der Waals surface area contributed by atoms with Crippen molar-refractivity contribution in [1.82, 2.24) is 9.88 Å². The number of aryl methyl sites for hydroxylation is 1. The van der Waals surface area contributed by atoms with Crippen molar-refractivity contribution >= 4 is 10.9 Å². The molecule has 1 aromatic heterocycles. The van der Waals surface area contributed by atoms with Gasteiger partial charge in [0, 0.05) is 30.2 Å². The number of aromatic amines is 1. The summed E-state index contributed by atoms with van der Waals surface area (Å²) < 4.78 is 11.1. The first-order valence-electron chi connectivity index (χ1n) is 9.36. The first-order chi connectivity index (χ1) is 12.8. The van der Waals surface area contributed by atoms with Gasteiger partial charge in [-0.25, -0.2) is 0 Å². The smallest absolute Gasteiger partial charge is 0.119 e. The number of morpholine rings is 1. The second kappa shape index (κ2) is 7.52. The zero-order valence-electron chi connectivity index (χ0n) is 15.5. The summed E-state index contributed by atoms with van der Waals surface area (Å²) in [6, 6.07) is 15.5. The second-order valence-electron chi connectivity index (χ2n) is 6.80. The molecule has 1 atom stereocenters. The van der Waals surface area contributed by atoms with Gasteiger partial charge in [0.25, 0.3) is 0 Å². The number of rotatable bonds is 5. The highest BCUT2D eigenvalue weighted by Gasteiger charge is 2.26. The Labute approximate surface area is 154 Å². The van der Waals surface area contributed by atoms with Gasteiger partial charge in [-0.05, 0) is 41.3 Å². The van der Waals surface area contributed by atoms with E-state index in [2.05, 4.69) is 59.4 Å². The Morgan fingerprint density at radius 2 is 1.88 bits per heavy atom. The summed E-state index contributed by atoms with van der Waals surface area (Å²) in [5.74, 6) is 0.889. The average Bonchev–Trinajstić information content (AvgIpc) is 3.12. The van der Waals surface area contributed by atoms with Gasteiger partial charge in [0.2, 0.25) is 0 Å². The molecule has 0 amide bonds. The number of nitrogens with one attached hydrogen (secondary N) is 1. The van der Waals surface area contributed by atoms with Gasteiger partial charge in [0.05, 0.1) is 26.4 Å². The summed E-state index contributed by atoms with van der Waals surface area (Å²) in [6.07, 6.45) is 3.21. The van der Waals surface area contributed by atoms with Crippen LogP contribution in [0.5, 0.6) is 5.75 Å². The lowest BCUT2D eigenvalue weighted by Gasteiger charge is -2.35. The van der Waals surface area contributed by atoms with Gasteiger partial charge in [-0.1, -0.05) is 31.2 Å². The molecule has 0 aliphatic carbocycles. The van der Waals surface area contributed by atoms with Crippen LogP contribution in [-0.2, 0) is 11.2 Å². The molecule has 26 heavy (non-hydrogen) atoms. The number of hydrogen-bond acceptors (Lipinski definition) is 3. The molecule has 2 aromatic carbocycles. The van der Waals surface area contributed by atoms with E-state index in [0.29, 0.717) is 0 Å². The largest absolute Gasteiger partial charge is 0.497 e. The maximum Gasteiger partial charge on any atom is 0.119 e. The van der Waals surface area contributed by atoms with Gasteiger partial charge < -0.3 is 14.5 Å². The van der Waals surface area contributed by atoms with E-state index in [1.165, 1.54) is 22.1 Å². The highest BCUT2D eigenvalue weighted by Crippen LogP contribution is 2.35. The summed E-state index contributed by atoms with van der Waals surface area (Å²) in [4.78, 5) is 5.96. The molecule has 1 saturated heterocycles. The van der Waals surface area contributed by atoms with Crippen molar-refractivity contribution in [3.05, 3.63) is 65.4 Å². The summed E-state index contributed by atoms with van der Waals surface area (Å²) in [7, 11) is 1.72. The maximum atomic E-state index is 5.59. The van der Waals surface area contributed by atoms with E-state index in [-0.39, 0.29) is 6.04 Å². The number of benzene rings is 2. The molecule has 2 heterocycles.